The maximum absolute atomic E-state index is 14.1. The van der Waals surface area contributed by atoms with Gasteiger partial charge in [0.05, 0.1) is 0 Å². The molecule has 1 aliphatic rings. The van der Waals surface area contributed by atoms with Crippen LogP contribution in [0.2, 0.25) is 0 Å². The van der Waals surface area contributed by atoms with E-state index in [-0.39, 0.29) is 17.1 Å². The van der Waals surface area contributed by atoms with Crippen LogP contribution >= 0.6 is 11.8 Å². The molecule has 1 aromatic rings. The number of hydrogen-bond donors (Lipinski definition) is 1. The van der Waals surface area contributed by atoms with Crippen molar-refractivity contribution in [1.82, 2.24) is 4.98 Å². The molecule has 1 aromatic heterocycles. The van der Waals surface area contributed by atoms with E-state index in [0.717, 1.165) is 18.8 Å². The minimum absolute atomic E-state index is 0.144. The molecule has 0 saturated carbocycles. The summed E-state index contributed by atoms with van der Waals surface area (Å²) >= 11 is 1.92. The average molecular weight is 255 g/mol. The molecule has 94 valence electrons. The van der Waals surface area contributed by atoms with Crippen LogP contribution in [0.4, 0.5) is 10.2 Å². The first kappa shape index (κ1) is 12.6. The van der Waals surface area contributed by atoms with Gasteiger partial charge >= 0.3 is 0 Å². The van der Waals surface area contributed by atoms with Gasteiger partial charge in [0.1, 0.15) is 0 Å². The van der Waals surface area contributed by atoms with Gasteiger partial charge in [-0.2, -0.15) is 11.8 Å². The molecule has 0 atom stereocenters. The topological polar surface area (TPSA) is 42.2 Å². The highest BCUT2D eigenvalue weighted by Crippen LogP contribution is 2.32. The van der Waals surface area contributed by atoms with Crippen molar-refractivity contribution in [2.45, 2.75) is 25.1 Å². The molecule has 0 spiro atoms. The molecular formula is C12H18FN3S. The minimum Gasteiger partial charge on any atom is -0.352 e. The number of halogens is 1. The van der Waals surface area contributed by atoms with Gasteiger partial charge in [-0.3, -0.25) is 0 Å². The molecular weight excluding hydrogens is 237 g/mol. The van der Waals surface area contributed by atoms with E-state index in [2.05, 4.69) is 18.8 Å². The Bertz CT molecular complexity index is 409. The average Bonchev–Trinajstić information content (AvgIpc) is 2.28. The van der Waals surface area contributed by atoms with Crippen LogP contribution in [-0.2, 0) is 6.54 Å². The second-order valence-corrected chi connectivity index (χ2v) is 6.64. The molecule has 2 N–H and O–H groups in total. The van der Waals surface area contributed by atoms with Crippen molar-refractivity contribution in [3.63, 3.8) is 0 Å². The van der Waals surface area contributed by atoms with Crippen molar-refractivity contribution in [3.05, 3.63) is 23.6 Å². The molecule has 17 heavy (non-hydrogen) atoms. The first-order chi connectivity index (χ1) is 8.03. The van der Waals surface area contributed by atoms with Gasteiger partial charge in [-0.25, -0.2) is 9.37 Å². The lowest BCUT2D eigenvalue weighted by molar-refractivity contribution is 0.577. The normalized spacial score (nSPS) is 19.4. The van der Waals surface area contributed by atoms with E-state index in [1.165, 1.54) is 0 Å². The summed E-state index contributed by atoms with van der Waals surface area (Å²) in [5.74, 6) is 1.18. The Labute approximate surface area is 106 Å². The summed E-state index contributed by atoms with van der Waals surface area (Å²) in [4.78, 5) is 6.18. The fourth-order valence-corrected chi connectivity index (χ4v) is 3.16. The number of rotatable bonds is 2. The zero-order chi connectivity index (χ0) is 12.5. The lowest BCUT2D eigenvalue weighted by Gasteiger charge is -2.38. The van der Waals surface area contributed by atoms with E-state index in [1.807, 2.05) is 16.7 Å². The predicted octanol–water partition coefficient (Wildman–Crippen LogP) is 2.01. The van der Waals surface area contributed by atoms with Crippen molar-refractivity contribution < 1.29 is 4.39 Å². The quantitative estimate of drug-likeness (QED) is 0.878. The Morgan fingerprint density at radius 1 is 1.59 bits per heavy atom. The van der Waals surface area contributed by atoms with Gasteiger partial charge < -0.3 is 10.6 Å². The summed E-state index contributed by atoms with van der Waals surface area (Å²) in [6, 6.07) is 1.64. The summed E-state index contributed by atoms with van der Waals surface area (Å²) in [5, 5.41) is 0. The Kier molecular flexibility index (Phi) is 3.58. The van der Waals surface area contributed by atoms with Gasteiger partial charge in [0.15, 0.2) is 11.6 Å². The third kappa shape index (κ3) is 2.72. The number of aromatic nitrogens is 1. The van der Waals surface area contributed by atoms with E-state index < -0.39 is 0 Å². The van der Waals surface area contributed by atoms with Gasteiger partial charge in [0, 0.05) is 41.9 Å². The van der Waals surface area contributed by atoms with Crippen LogP contribution in [0.3, 0.4) is 0 Å². The number of thioether (sulfide) groups is 1. The summed E-state index contributed by atoms with van der Waals surface area (Å²) in [5.41, 5.74) is 6.05. The zero-order valence-electron chi connectivity index (χ0n) is 10.2. The number of nitrogens with two attached hydrogens (primary N) is 1. The molecule has 0 radical (unpaired) electrons. The zero-order valence-corrected chi connectivity index (χ0v) is 11.1. The highest BCUT2D eigenvalue weighted by atomic mass is 32.2. The highest BCUT2D eigenvalue weighted by Gasteiger charge is 2.29. The third-order valence-electron chi connectivity index (χ3n) is 2.90. The van der Waals surface area contributed by atoms with Crippen LogP contribution in [0.1, 0.15) is 19.4 Å². The molecule has 0 unspecified atom stereocenters. The van der Waals surface area contributed by atoms with E-state index in [9.17, 15) is 4.39 Å². The molecule has 1 saturated heterocycles. The largest absolute Gasteiger partial charge is 0.352 e. The molecule has 1 fully saturated rings. The SMILES string of the molecule is CC1(C)CN(c2nccc(CN)c2F)CCS1. The molecule has 1 aliphatic heterocycles. The third-order valence-corrected chi connectivity index (χ3v) is 4.19. The number of anilines is 1. The number of pyridine rings is 1. The van der Waals surface area contributed by atoms with E-state index in [0.29, 0.717) is 11.4 Å². The van der Waals surface area contributed by atoms with Crippen LogP contribution in [-0.4, -0.2) is 28.6 Å². The van der Waals surface area contributed by atoms with Crippen molar-refractivity contribution in [1.29, 1.82) is 0 Å². The molecule has 2 rings (SSSR count). The molecule has 0 aliphatic carbocycles. The first-order valence-electron chi connectivity index (χ1n) is 5.76. The lowest BCUT2D eigenvalue weighted by atomic mass is 10.1. The maximum atomic E-state index is 14.1. The van der Waals surface area contributed by atoms with Crippen LogP contribution in [0.25, 0.3) is 0 Å². The van der Waals surface area contributed by atoms with Crippen LogP contribution in [0.15, 0.2) is 12.3 Å². The van der Waals surface area contributed by atoms with Crippen LogP contribution in [0, 0.1) is 5.82 Å². The molecule has 0 amide bonds. The molecule has 3 nitrogen and oxygen atoms in total. The minimum atomic E-state index is -0.266. The van der Waals surface area contributed by atoms with Crippen molar-refractivity contribution >= 4 is 17.6 Å². The lowest BCUT2D eigenvalue weighted by Crippen LogP contribution is -2.44. The van der Waals surface area contributed by atoms with Gasteiger partial charge in [0.25, 0.3) is 0 Å². The van der Waals surface area contributed by atoms with Crippen molar-refractivity contribution in [3.8, 4) is 0 Å². The van der Waals surface area contributed by atoms with Crippen LogP contribution in [0.5, 0.6) is 0 Å². The van der Waals surface area contributed by atoms with Gasteiger partial charge in [-0.15, -0.1) is 0 Å². The first-order valence-corrected chi connectivity index (χ1v) is 6.74. The van der Waals surface area contributed by atoms with Gasteiger partial charge in [-0.1, -0.05) is 0 Å². The monoisotopic (exact) mass is 255 g/mol. The summed E-state index contributed by atoms with van der Waals surface area (Å²) in [6.07, 6.45) is 1.63. The summed E-state index contributed by atoms with van der Waals surface area (Å²) in [6.45, 7) is 6.22. The van der Waals surface area contributed by atoms with Crippen LogP contribution < -0.4 is 10.6 Å². The van der Waals surface area contributed by atoms with Crippen molar-refractivity contribution in [2.24, 2.45) is 5.73 Å². The maximum Gasteiger partial charge on any atom is 0.170 e. The molecule has 2 heterocycles. The smallest absolute Gasteiger partial charge is 0.170 e. The highest BCUT2D eigenvalue weighted by molar-refractivity contribution is 8.00. The van der Waals surface area contributed by atoms with E-state index in [1.54, 1.807) is 12.3 Å². The van der Waals surface area contributed by atoms with Gasteiger partial charge in [-0.05, 0) is 19.9 Å². The number of nitrogens with zero attached hydrogens (tertiary/aromatic N) is 2. The van der Waals surface area contributed by atoms with E-state index in [4.69, 9.17) is 5.73 Å². The fourth-order valence-electron chi connectivity index (χ4n) is 2.05. The summed E-state index contributed by atoms with van der Waals surface area (Å²) in [7, 11) is 0. The Morgan fingerprint density at radius 2 is 2.35 bits per heavy atom. The Hall–Kier alpha value is -0.810. The van der Waals surface area contributed by atoms with Gasteiger partial charge in [0.2, 0.25) is 0 Å². The number of hydrogen-bond acceptors (Lipinski definition) is 4. The van der Waals surface area contributed by atoms with Crippen molar-refractivity contribution in [2.75, 3.05) is 23.7 Å². The Balaban J connectivity index is 2.28. The molecule has 5 heteroatoms. The van der Waals surface area contributed by atoms with E-state index >= 15 is 0 Å². The standard InChI is InChI=1S/C12H18FN3S/c1-12(2)8-16(5-6-17-12)11-10(13)9(7-14)3-4-15-11/h3-4H,5-8,14H2,1-2H3. The second kappa shape index (κ2) is 4.82. The fraction of sp³-hybridized carbons (Fsp3) is 0.583. The summed E-state index contributed by atoms with van der Waals surface area (Å²) < 4.78 is 14.3. The molecule has 0 bridgehead atoms. The molecule has 0 aromatic carbocycles. The Morgan fingerprint density at radius 3 is 3.00 bits per heavy atom. The predicted molar refractivity (Wildman–Crippen MR) is 70.8 cm³/mol. The second-order valence-electron chi connectivity index (χ2n) is 4.84.